The lowest BCUT2D eigenvalue weighted by atomic mass is 10.1. The predicted octanol–water partition coefficient (Wildman–Crippen LogP) is 2.88. The summed E-state index contributed by atoms with van der Waals surface area (Å²) in [6.07, 6.45) is 2.11. The van der Waals surface area contributed by atoms with Crippen LogP contribution in [0.4, 0.5) is 17.5 Å². The molecule has 0 unspecified atom stereocenters. The summed E-state index contributed by atoms with van der Waals surface area (Å²) in [6.45, 7) is 0.471. The summed E-state index contributed by atoms with van der Waals surface area (Å²) in [7, 11) is 0. The Morgan fingerprint density at radius 3 is 2.62 bits per heavy atom. The third-order valence-electron chi connectivity index (χ3n) is 3.39. The van der Waals surface area contributed by atoms with Crippen molar-refractivity contribution < 1.29 is 9.34 Å². The standard InChI is InChI=1S/C16H15N5O3/c17-16-19-13(12-7-4-10-24-12)14(21(22)23)15(20-16)18-9-8-11-5-2-1-3-6-11/h1-7,10H,8-9H2,(H3,17,18,19,20). The number of nitrogens with two attached hydrogens (primary N) is 1. The van der Waals surface area contributed by atoms with Gasteiger partial charge >= 0.3 is 5.69 Å². The first-order valence-electron chi connectivity index (χ1n) is 7.28. The van der Waals surface area contributed by atoms with Gasteiger partial charge in [-0.2, -0.15) is 4.98 Å². The minimum Gasteiger partial charge on any atom is -0.462 e. The van der Waals surface area contributed by atoms with Crippen molar-refractivity contribution >= 4 is 17.5 Å². The third-order valence-corrected chi connectivity index (χ3v) is 3.39. The average Bonchev–Trinajstić information content (AvgIpc) is 3.09. The molecule has 0 amide bonds. The largest absolute Gasteiger partial charge is 0.462 e. The van der Waals surface area contributed by atoms with Crippen LogP contribution in [0.3, 0.4) is 0 Å². The molecule has 1 aromatic carbocycles. The van der Waals surface area contributed by atoms with Gasteiger partial charge in [0.25, 0.3) is 0 Å². The van der Waals surface area contributed by atoms with Gasteiger partial charge in [0.2, 0.25) is 11.8 Å². The molecule has 0 aliphatic rings. The molecule has 0 aliphatic heterocycles. The fourth-order valence-electron chi connectivity index (χ4n) is 2.32. The van der Waals surface area contributed by atoms with Gasteiger partial charge in [-0.25, -0.2) is 4.98 Å². The monoisotopic (exact) mass is 325 g/mol. The Balaban J connectivity index is 1.88. The second-order valence-electron chi connectivity index (χ2n) is 5.02. The summed E-state index contributed by atoms with van der Waals surface area (Å²) in [5, 5.41) is 14.5. The van der Waals surface area contributed by atoms with Crippen molar-refractivity contribution in [3.8, 4) is 11.5 Å². The molecule has 0 saturated carbocycles. The lowest BCUT2D eigenvalue weighted by Crippen LogP contribution is -2.11. The van der Waals surface area contributed by atoms with Crippen LogP contribution in [0.2, 0.25) is 0 Å². The molecule has 0 saturated heterocycles. The summed E-state index contributed by atoms with van der Waals surface area (Å²) < 4.78 is 5.22. The number of hydrogen-bond donors (Lipinski definition) is 2. The van der Waals surface area contributed by atoms with Crippen molar-refractivity contribution in [1.29, 1.82) is 0 Å². The molecule has 0 atom stereocenters. The second-order valence-corrected chi connectivity index (χ2v) is 5.02. The molecule has 8 heteroatoms. The van der Waals surface area contributed by atoms with Gasteiger partial charge in [0, 0.05) is 6.54 Å². The number of aromatic nitrogens is 2. The van der Waals surface area contributed by atoms with Gasteiger partial charge in [-0.3, -0.25) is 10.1 Å². The van der Waals surface area contributed by atoms with E-state index in [1.165, 1.54) is 6.26 Å². The molecule has 3 rings (SSSR count). The van der Waals surface area contributed by atoms with E-state index in [0.29, 0.717) is 13.0 Å². The van der Waals surface area contributed by atoms with Crippen molar-refractivity contribution in [3.05, 3.63) is 64.4 Å². The maximum atomic E-state index is 11.5. The number of hydrogen-bond acceptors (Lipinski definition) is 7. The van der Waals surface area contributed by atoms with Gasteiger partial charge < -0.3 is 15.5 Å². The molecular weight excluding hydrogens is 310 g/mol. The predicted molar refractivity (Wildman–Crippen MR) is 89.4 cm³/mol. The molecule has 0 radical (unpaired) electrons. The van der Waals surface area contributed by atoms with Gasteiger partial charge in [0.15, 0.2) is 11.5 Å². The lowest BCUT2D eigenvalue weighted by Gasteiger charge is -2.09. The molecule has 8 nitrogen and oxygen atoms in total. The molecule has 3 N–H and O–H groups in total. The zero-order valence-electron chi connectivity index (χ0n) is 12.7. The van der Waals surface area contributed by atoms with Gasteiger partial charge in [0.05, 0.1) is 11.2 Å². The second kappa shape index (κ2) is 6.78. The van der Waals surface area contributed by atoms with E-state index in [4.69, 9.17) is 10.2 Å². The van der Waals surface area contributed by atoms with Crippen LogP contribution in [0.25, 0.3) is 11.5 Å². The molecule has 2 aromatic heterocycles. The van der Waals surface area contributed by atoms with Gasteiger partial charge in [-0.15, -0.1) is 0 Å². The highest BCUT2D eigenvalue weighted by molar-refractivity contribution is 5.75. The SMILES string of the molecule is Nc1nc(NCCc2ccccc2)c([N+](=O)[O-])c(-c2ccco2)n1. The van der Waals surface area contributed by atoms with Gasteiger partial charge in [-0.05, 0) is 24.1 Å². The van der Waals surface area contributed by atoms with Gasteiger partial charge in [0.1, 0.15) is 0 Å². The number of anilines is 2. The average molecular weight is 325 g/mol. The summed E-state index contributed by atoms with van der Waals surface area (Å²) >= 11 is 0. The van der Waals surface area contributed by atoms with Crippen LogP contribution in [0.5, 0.6) is 0 Å². The Bertz CT molecular complexity index is 834. The first-order valence-corrected chi connectivity index (χ1v) is 7.28. The Kier molecular flexibility index (Phi) is 4.37. The van der Waals surface area contributed by atoms with Crippen molar-refractivity contribution in [3.63, 3.8) is 0 Å². The van der Waals surface area contributed by atoms with Crippen LogP contribution in [0.15, 0.2) is 53.1 Å². The highest BCUT2D eigenvalue weighted by Crippen LogP contribution is 2.34. The van der Waals surface area contributed by atoms with E-state index in [-0.39, 0.29) is 28.9 Å². The maximum Gasteiger partial charge on any atom is 0.340 e. The Labute approximate surface area is 137 Å². The quantitative estimate of drug-likeness (QED) is 0.528. The maximum absolute atomic E-state index is 11.5. The van der Waals surface area contributed by atoms with Crippen molar-refractivity contribution in [2.24, 2.45) is 0 Å². The summed E-state index contributed by atoms with van der Waals surface area (Å²) in [5.41, 5.74) is 6.60. The summed E-state index contributed by atoms with van der Waals surface area (Å²) in [4.78, 5) is 18.9. The highest BCUT2D eigenvalue weighted by Gasteiger charge is 2.26. The van der Waals surface area contributed by atoms with E-state index in [1.807, 2.05) is 30.3 Å². The van der Waals surface area contributed by atoms with E-state index in [2.05, 4.69) is 15.3 Å². The first-order chi connectivity index (χ1) is 11.6. The molecule has 3 aromatic rings. The number of benzene rings is 1. The van der Waals surface area contributed by atoms with E-state index >= 15 is 0 Å². The normalized spacial score (nSPS) is 10.5. The molecule has 24 heavy (non-hydrogen) atoms. The zero-order chi connectivity index (χ0) is 16.9. The Morgan fingerprint density at radius 1 is 1.17 bits per heavy atom. The highest BCUT2D eigenvalue weighted by atomic mass is 16.6. The number of nitrogens with one attached hydrogen (secondary N) is 1. The molecule has 0 aliphatic carbocycles. The van der Waals surface area contributed by atoms with E-state index in [9.17, 15) is 10.1 Å². The third kappa shape index (κ3) is 3.32. The van der Waals surface area contributed by atoms with Crippen LogP contribution >= 0.6 is 0 Å². The zero-order valence-corrected chi connectivity index (χ0v) is 12.7. The number of furan rings is 1. The van der Waals surface area contributed by atoms with Crippen LogP contribution < -0.4 is 11.1 Å². The summed E-state index contributed by atoms with van der Waals surface area (Å²) in [6, 6.07) is 13.0. The minimum atomic E-state index is -0.540. The van der Waals surface area contributed by atoms with Gasteiger partial charge in [-0.1, -0.05) is 30.3 Å². The van der Waals surface area contributed by atoms with Crippen molar-refractivity contribution in [1.82, 2.24) is 9.97 Å². The van der Waals surface area contributed by atoms with E-state index in [1.54, 1.807) is 12.1 Å². The number of rotatable bonds is 6. The van der Waals surface area contributed by atoms with Crippen molar-refractivity contribution in [2.75, 3.05) is 17.6 Å². The minimum absolute atomic E-state index is 0.0553. The van der Waals surface area contributed by atoms with E-state index in [0.717, 1.165) is 5.56 Å². The topological polar surface area (TPSA) is 120 Å². The molecule has 0 bridgehead atoms. The number of nitrogens with zero attached hydrogens (tertiary/aromatic N) is 3. The molecule has 0 fully saturated rings. The molecule has 0 spiro atoms. The first kappa shape index (κ1) is 15.5. The lowest BCUT2D eigenvalue weighted by molar-refractivity contribution is -0.383. The van der Waals surface area contributed by atoms with Crippen LogP contribution in [0, 0.1) is 10.1 Å². The molecular formula is C16H15N5O3. The Hall–Kier alpha value is -3.42. The summed E-state index contributed by atoms with van der Waals surface area (Å²) in [5.74, 6) is 0.283. The Morgan fingerprint density at radius 2 is 1.96 bits per heavy atom. The van der Waals surface area contributed by atoms with E-state index < -0.39 is 4.92 Å². The van der Waals surface area contributed by atoms with Crippen LogP contribution in [-0.2, 0) is 6.42 Å². The smallest absolute Gasteiger partial charge is 0.340 e. The van der Waals surface area contributed by atoms with Crippen LogP contribution in [-0.4, -0.2) is 21.4 Å². The molecule has 122 valence electrons. The number of nitro groups is 1. The number of nitrogen functional groups attached to an aromatic ring is 1. The fourth-order valence-corrected chi connectivity index (χ4v) is 2.32. The van der Waals surface area contributed by atoms with Crippen LogP contribution in [0.1, 0.15) is 5.56 Å². The fraction of sp³-hybridized carbons (Fsp3) is 0.125. The van der Waals surface area contributed by atoms with Crippen molar-refractivity contribution in [2.45, 2.75) is 6.42 Å². The molecule has 2 heterocycles.